The number of hydrogen-bond acceptors (Lipinski definition) is 4. The van der Waals surface area contributed by atoms with Crippen LogP contribution in [0.2, 0.25) is 0 Å². The topological polar surface area (TPSA) is 56.1 Å². The Balaban J connectivity index is 1.81. The number of ether oxygens (including phenoxy) is 1. The molecule has 0 fully saturated rings. The molecule has 0 radical (unpaired) electrons. The van der Waals surface area contributed by atoms with Gasteiger partial charge in [-0.3, -0.25) is 4.79 Å². The van der Waals surface area contributed by atoms with E-state index in [1.165, 1.54) is 0 Å². The first-order valence-corrected chi connectivity index (χ1v) is 9.15. The second-order valence-corrected chi connectivity index (χ2v) is 7.91. The molecule has 1 aliphatic rings. The lowest BCUT2D eigenvalue weighted by molar-refractivity contribution is -0.115. The van der Waals surface area contributed by atoms with E-state index in [4.69, 9.17) is 9.84 Å². The molecule has 0 aliphatic carbocycles. The van der Waals surface area contributed by atoms with Crippen molar-refractivity contribution in [3.8, 4) is 5.75 Å². The highest BCUT2D eigenvalue weighted by Gasteiger charge is 2.28. The van der Waals surface area contributed by atoms with Crippen molar-refractivity contribution in [3.05, 3.63) is 41.1 Å². The zero-order chi connectivity index (χ0) is 17.3. The van der Waals surface area contributed by atoms with Crippen LogP contribution in [0.1, 0.15) is 37.6 Å². The van der Waals surface area contributed by atoms with Crippen LogP contribution in [-0.2, 0) is 28.3 Å². The predicted octanol–water partition coefficient (Wildman–Crippen LogP) is 3.57. The fraction of sp³-hybridized carbons (Fsp3) is 0.444. The number of nitrogens with one attached hydrogen (secondary N) is 1. The van der Waals surface area contributed by atoms with Gasteiger partial charge in [-0.1, -0.05) is 12.1 Å². The summed E-state index contributed by atoms with van der Waals surface area (Å²) in [7, 11) is 1.63. The van der Waals surface area contributed by atoms with Crippen LogP contribution < -0.4 is 10.1 Å². The standard InChI is InChI=1S/C18H23N3O2S/c1-18(2,3)21-17(14-10-24-11-15(14)20-21)19-16(22)9-12-6-5-7-13(8-12)23-4/h5-8H,9-11H2,1-4H3,(H,19,22). The molecule has 2 heterocycles. The lowest BCUT2D eigenvalue weighted by atomic mass is 10.1. The number of benzene rings is 1. The summed E-state index contributed by atoms with van der Waals surface area (Å²) < 4.78 is 7.16. The molecular formula is C18H23N3O2S. The van der Waals surface area contributed by atoms with Crippen LogP contribution >= 0.6 is 11.8 Å². The van der Waals surface area contributed by atoms with Gasteiger partial charge < -0.3 is 10.1 Å². The van der Waals surface area contributed by atoms with Gasteiger partial charge >= 0.3 is 0 Å². The number of nitrogens with zero attached hydrogens (tertiary/aromatic N) is 2. The summed E-state index contributed by atoms with van der Waals surface area (Å²) in [5, 5.41) is 7.80. The molecule has 0 spiro atoms. The largest absolute Gasteiger partial charge is 0.497 e. The molecule has 0 saturated carbocycles. The smallest absolute Gasteiger partial charge is 0.229 e. The molecule has 3 rings (SSSR count). The molecule has 0 unspecified atom stereocenters. The highest BCUT2D eigenvalue weighted by atomic mass is 32.2. The number of fused-ring (bicyclic) bond motifs is 1. The Bertz CT molecular complexity index is 762. The van der Waals surface area contributed by atoms with Crippen LogP contribution in [0.5, 0.6) is 5.75 Å². The van der Waals surface area contributed by atoms with Crippen molar-refractivity contribution in [1.29, 1.82) is 0 Å². The molecule has 1 amide bonds. The molecule has 5 nitrogen and oxygen atoms in total. The molecule has 6 heteroatoms. The van der Waals surface area contributed by atoms with E-state index in [1.54, 1.807) is 7.11 Å². The number of rotatable bonds is 4. The minimum absolute atomic E-state index is 0.0339. The van der Waals surface area contributed by atoms with Gasteiger partial charge in [0.25, 0.3) is 0 Å². The first-order chi connectivity index (χ1) is 11.4. The van der Waals surface area contributed by atoms with Crippen molar-refractivity contribution in [2.75, 3.05) is 12.4 Å². The molecule has 0 bridgehead atoms. The van der Waals surface area contributed by atoms with E-state index in [1.807, 2.05) is 40.7 Å². The maximum Gasteiger partial charge on any atom is 0.229 e. The third-order valence-electron chi connectivity index (χ3n) is 3.94. The third-order valence-corrected chi connectivity index (χ3v) is 4.91. The van der Waals surface area contributed by atoms with Crippen LogP contribution in [0.25, 0.3) is 0 Å². The molecule has 0 saturated heterocycles. The average Bonchev–Trinajstić information content (AvgIpc) is 3.09. The first-order valence-electron chi connectivity index (χ1n) is 8.00. The Morgan fingerprint density at radius 2 is 2.17 bits per heavy atom. The highest BCUT2D eigenvalue weighted by Crippen LogP contribution is 2.37. The zero-order valence-electron chi connectivity index (χ0n) is 14.5. The quantitative estimate of drug-likeness (QED) is 0.920. The van der Waals surface area contributed by atoms with E-state index >= 15 is 0 Å². The molecule has 1 aromatic heterocycles. The van der Waals surface area contributed by atoms with Gasteiger partial charge in [0.1, 0.15) is 11.6 Å². The predicted molar refractivity (Wildman–Crippen MR) is 97.5 cm³/mol. The summed E-state index contributed by atoms with van der Waals surface area (Å²) in [5.41, 5.74) is 3.01. The molecule has 1 N–H and O–H groups in total. The van der Waals surface area contributed by atoms with E-state index < -0.39 is 0 Å². The molecule has 128 valence electrons. The molecular weight excluding hydrogens is 322 g/mol. The average molecular weight is 345 g/mol. The zero-order valence-corrected chi connectivity index (χ0v) is 15.4. The van der Waals surface area contributed by atoms with Gasteiger partial charge in [0.2, 0.25) is 5.91 Å². The number of aromatic nitrogens is 2. The Hall–Kier alpha value is -1.95. The molecule has 2 aromatic rings. The lowest BCUT2D eigenvalue weighted by Gasteiger charge is -2.23. The number of carbonyl (C=O) groups excluding carboxylic acids is 1. The van der Waals surface area contributed by atoms with Gasteiger partial charge in [0.15, 0.2) is 0 Å². The van der Waals surface area contributed by atoms with Crippen LogP contribution in [0.4, 0.5) is 5.82 Å². The van der Waals surface area contributed by atoms with Gasteiger partial charge in [-0.2, -0.15) is 16.9 Å². The van der Waals surface area contributed by atoms with E-state index in [0.717, 1.165) is 39.9 Å². The van der Waals surface area contributed by atoms with Crippen molar-refractivity contribution >= 4 is 23.5 Å². The van der Waals surface area contributed by atoms with Gasteiger partial charge in [-0.05, 0) is 38.5 Å². The minimum atomic E-state index is -0.173. The maximum atomic E-state index is 12.6. The Labute approximate surface area is 146 Å². The van der Waals surface area contributed by atoms with Crippen LogP contribution in [0.3, 0.4) is 0 Å². The first kappa shape index (κ1) is 16.9. The summed E-state index contributed by atoms with van der Waals surface area (Å²) in [6, 6.07) is 7.60. The number of carbonyl (C=O) groups is 1. The number of thioether (sulfide) groups is 1. The number of amides is 1. The summed E-state index contributed by atoms with van der Waals surface area (Å²) >= 11 is 1.84. The van der Waals surface area contributed by atoms with Crippen LogP contribution in [0.15, 0.2) is 24.3 Å². The van der Waals surface area contributed by atoms with Gasteiger partial charge in [0, 0.05) is 17.1 Å². The maximum absolute atomic E-state index is 12.6. The SMILES string of the molecule is COc1cccc(CC(=O)Nc2c3c(nn2C(C)(C)C)CSC3)c1. The normalized spacial score (nSPS) is 13.7. The van der Waals surface area contributed by atoms with Crippen molar-refractivity contribution in [2.45, 2.75) is 44.2 Å². The van der Waals surface area contributed by atoms with Gasteiger partial charge in [-0.25, -0.2) is 4.68 Å². The van der Waals surface area contributed by atoms with E-state index in [-0.39, 0.29) is 11.4 Å². The lowest BCUT2D eigenvalue weighted by Crippen LogP contribution is -2.27. The molecule has 1 aliphatic heterocycles. The number of methoxy groups -OCH3 is 1. The van der Waals surface area contributed by atoms with Gasteiger partial charge in [-0.15, -0.1) is 0 Å². The van der Waals surface area contributed by atoms with E-state index in [0.29, 0.717) is 6.42 Å². The fourth-order valence-corrected chi connectivity index (χ4v) is 3.81. The fourth-order valence-electron chi connectivity index (χ4n) is 2.77. The van der Waals surface area contributed by atoms with Crippen molar-refractivity contribution in [3.63, 3.8) is 0 Å². The monoisotopic (exact) mass is 345 g/mol. The highest BCUT2D eigenvalue weighted by molar-refractivity contribution is 7.98. The molecule has 1 aromatic carbocycles. The van der Waals surface area contributed by atoms with E-state index in [2.05, 4.69) is 26.1 Å². The summed E-state index contributed by atoms with van der Waals surface area (Å²) in [4.78, 5) is 12.6. The summed E-state index contributed by atoms with van der Waals surface area (Å²) in [6.07, 6.45) is 0.314. The Morgan fingerprint density at radius 1 is 1.38 bits per heavy atom. The van der Waals surface area contributed by atoms with Crippen molar-refractivity contribution < 1.29 is 9.53 Å². The number of anilines is 1. The summed E-state index contributed by atoms with van der Waals surface area (Å²) in [6.45, 7) is 6.29. The van der Waals surface area contributed by atoms with E-state index in [9.17, 15) is 4.79 Å². The van der Waals surface area contributed by atoms with Crippen molar-refractivity contribution in [1.82, 2.24) is 9.78 Å². The molecule has 0 atom stereocenters. The second-order valence-electron chi connectivity index (χ2n) is 6.93. The minimum Gasteiger partial charge on any atom is -0.497 e. The van der Waals surface area contributed by atoms with Crippen LogP contribution in [0, 0.1) is 0 Å². The van der Waals surface area contributed by atoms with Gasteiger partial charge in [0.05, 0.1) is 24.8 Å². The van der Waals surface area contributed by atoms with Crippen molar-refractivity contribution in [2.24, 2.45) is 0 Å². The molecule has 24 heavy (non-hydrogen) atoms. The number of hydrogen-bond donors (Lipinski definition) is 1. The Kier molecular flexibility index (Phi) is 4.58. The second kappa shape index (κ2) is 6.51. The summed E-state index contributed by atoms with van der Waals surface area (Å²) in [5.74, 6) is 3.39. The third kappa shape index (κ3) is 3.43. The Morgan fingerprint density at radius 3 is 2.88 bits per heavy atom. The van der Waals surface area contributed by atoms with Crippen LogP contribution in [-0.4, -0.2) is 22.8 Å².